The van der Waals surface area contributed by atoms with Gasteiger partial charge in [-0.05, 0) is 41.3 Å². The Morgan fingerprint density at radius 3 is 2.09 bits per heavy atom. The lowest BCUT2D eigenvalue weighted by Gasteiger charge is -1.97. The minimum atomic E-state index is 1.02. The second kappa shape index (κ2) is 6.21. The highest BCUT2D eigenvalue weighted by Gasteiger charge is 2.08. The molecule has 0 bridgehead atoms. The lowest BCUT2D eigenvalue weighted by atomic mass is 10.1. The first-order valence-corrected chi connectivity index (χ1v) is 9.66. The predicted molar refractivity (Wildman–Crippen MR) is 100 cm³/mol. The van der Waals surface area contributed by atoms with Gasteiger partial charge in [0.05, 0.1) is 0 Å². The summed E-state index contributed by atoms with van der Waals surface area (Å²) in [6.07, 6.45) is 1.02. The summed E-state index contributed by atoms with van der Waals surface area (Å²) in [5, 5.41) is 2.14. The molecule has 0 atom stereocenters. The summed E-state index contributed by atoms with van der Waals surface area (Å²) >= 11 is 5.59. The normalized spacial score (nSPS) is 10.9. The molecule has 3 heteroatoms. The third kappa shape index (κ3) is 2.93. The van der Waals surface area contributed by atoms with Crippen molar-refractivity contribution < 1.29 is 0 Å². The quantitative estimate of drug-likeness (QED) is 0.384. The summed E-state index contributed by atoms with van der Waals surface area (Å²) < 4.78 is 0. The third-order valence-corrected chi connectivity index (χ3v) is 6.93. The van der Waals surface area contributed by atoms with Crippen LogP contribution in [0.3, 0.4) is 0 Å². The van der Waals surface area contributed by atoms with Gasteiger partial charge in [-0.2, -0.15) is 0 Å². The Labute approximate surface area is 142 Å². The van der Waals surface area contributed by atoms with Crippen molar-refractivity contribution in [2.75, 3.05) is 0 Å². The highest BCUT2D eigenvalue weighted by atomic mass is 32.1. The van der Waals surface area contributed by atoms with Gasteiger partial charge in [-0.3, -0.25) is 0 Å². The fourth-order valence-corrected chi connectivity index (χ4v) is 5.40. The van der Waals surface area contributed by atoms with E-state index in [-0.39, 0.29) is 0 Å². The van der Waals surface area contributed by atoms with Gasteiger partial charge in [0.2, 0.25) is 0 Å². The maximum absolute atomic E-state index is 2.26. The van der Waals surface area contributed by atoms with Gasteiger partial charge in [0.15, 0.2) is 0 Å². The van der Waals surface area contributed by atoms with Crippen molar-refractivity contribution >= 4 is 34.0 Å². The van der Waals surface area contributed by atoms with Gasteiger partial charge in [0.1, 0.15) is 0 Å². The van der Waals surface area contributed by atoms with Crippen LogP contribution in [0, 0.1) is 0 Å². The molecule has 0 saturated heterocycles. The molecule has 0 unspecified atom stereocenters. The van der Waals surface area contributed by atoms with Crippen molar-refractivity contribution in [1.29, 1.82) is 0 Å². The molecule has 0 radical (unpaired) electrons. The van der Waals surface area contributed by atoms with Gasteiger partial charge in [-0.1, -0.05) is 36.4 Å². The molecule has 0 amide bonds. The fourth-order valence-electron chi connectivity index (χ4n) is 2.42. The van der Waals surface area contributed by atoms with Gasteiger partial charge >= 0.3 is 0 Å². The smallest absolute Gasteiger partial charge is 0.0449 e. The molecule has 0 N–H and O–H groups in total. The molecule has 22 heavy (non-hydrogen) atoms. The van der Waals surface area contributed by atoms with E-state index < -0.39 is 0 Å². The first-order chi connectivity index (χ1) is 10.9. The lowest BCUT2D eigenvalue weighted by molar-refractivity contribution is 1.24. The molecule has 0 aliphatic carbocycles. The fraction of sp³-hybridized carbons (Fsp3) is 0.0526. The molecule has 0 spiro atoms. The summed E-state index contributed by atoms with van der Waals surface area (Å²) in [6, 6.07) is 24.0. The summed E-state index contributed by atoms with van der Waals surface area (Å²) in [7, 11) is 0. The first kappa shape index (κ1) is 13.9. The second-order valence-corrected chi connectivity index (χ2v) is 8.27. The van der Waals surface area contributed by atoms with Crippen LogP contribution in [0.1, 0.15) is 10.4 Å². The molecule has 0 aliphatic heterocycles. The van der Waals surface area contributed by atoms with E-state index in [1.807, 2.05) is 22.7 Å². The molecule has 0 nitrogen and oxygen atoms in total. The van der Waals surface area contributed by atoms with Crippen molar-refractivity contribution in [3.05, 3.63) is 82.6 Å². The van der Waals surface area contributed by atoms with E-state index in [0.717, 1.165) is 6.42 Å². The molecule has 3 heterocycles. The van der Waals surface area contributed by atoms with E-state index >= 15 is 0 Å². The molecule has 0 fully saturated rings. The van der Waals surface area contributed by atoms with Gasteiger partial charge in [0, 0.05) is 30.8 Å². The first-order valence-electron chi connectivity index (χ1n) is 7.15. The van der Waals surface area contributed by atoms with Crippen LogP contribution in [0.25, 0.3) is 19.5 Å². The molecule has 3 aromatic heterocycles. The number of thiophene rings is 3. The Bertz CT molecular complexity index is 851. The molecule has 4 aromatic rings. The highest BCUT2D eigenvalue weighted by Crippen LogP contribution is 2.39. The standard InChI is InChI=1S/C19H14S3/c1-2-5-14(6-3-1)13-15-8-9-18(21-15)19-11-10-17(22-19)16-7-4-12-20-16/h1-12H,13H2. The predicted octanol–water partition coefficient (Wildman–Crippen LogP) is 6.80. The van der Waals surface area contributed by atoms with E-state index in [2.05, 4.69) is 72.1 Å². The van der Waals surface area contributed by atoms with Crippen LogP contribution in [0.4, 0.5) is 0 Å². The van der Waals surface area contributed by atoms with Crippen LogP contribution >= 0.6 is 34.0 Å². The summed E-state index contributed by atoms with van der Waals surface area (Å²) in [5.74, 6) is 0. The zero-order chi connectivity index (χ0) is 14.8. The molecular formula is C19H14S3. The summed E-state index contributed by atoms with van der Waals surface area (Å²) in [6.45, 7) is 0. The minimum Gasteiger partial charge on any atom is -0.143 e. The van der Waals surface area contributed by atoms with Crippen molar-refractivity contribution in [2.45, 2.75) is 6.42 Å². The topological polar surface area (TPSA) is 0 Å². The average Bonchev–Trinajstić information content (AvgIpc) is 3.29. The Kier molecular flexibility index (Phi) is 3.94. The van der Waals surface area contributed by atoms with Crippen molar-refractivity contribution in [2.24, 2.45) is 0 Å². The number of hydrogen-bond acceptors (Lipinski definition) is 3. The zero-order valence-electron chi connectivity index (χ0n) is 11.9. The molecule has 1 aromatic carbocycles. The Morgan fingerprint density at radius 2 is 1.32 bits per heavy atom. The van der Waals surface area contributed by atoms with Crippen LogP contribution in [-0.4, -0.2) is 0 Å². The van der Waals surface area contributed by atoms with E-state index in [1.54, 1.807) is 11.3 Å². The molecular weight excluding hydrogens is 324 g/mol. The Balaban J connectivity index is 1.57. The molecule has 108 valence electrons. The van der Waals surface area contributed by atoms with Crippen LogP contribution in [-0.2, 0) is 6.42 Å². The van der Waals surface area contributed by atoms with Crippen molar-refractivity contribution in [3.63, 3.8) is 0 Å². The number of hydrogen-bond donors (Lipinski definition) is 0. The maximum Gasteiger partial charge on any atom is 0.0449 e. The number of rotatable bonds is 4. The van der Waals surface area contributed by atoms with Crippen molar-refractivity contribution in [1.82, 2.24) is 0 Å². The summed E-state index contributed by atoms with van der Waals surface area (Å²) in [4.78, 5) is 6.89. The summed E-state index contributed by atoms with van der Waals surface area (Å²) in [5.41, 5.74) is 1.38. The van der Waals surface area contributed by atoms with E-state index in [1.165, 1.54) is 29.9 Å². The molecule has 0 saturated carbocycles. The van der Waals surface area contributed by atoms with E-state index in [9.17, 15) is 0 Å². The Morgan fingerprint density at radius 1 is 0.591 bits per heavy atom. The van der Waals surface area contributed by atoms with Crippen LogP contribution < -0.4 is 0 Å². The average molecular weight is 339 g/mol. The van der Waals surface area contributed by atoms with Gasteiger partial charge < -0.3 is 0 Å². The van der Waals surface area contributed by atoms with E-state index in [0.29, 0.717) is 0 Å². The maximum atomic E-state index is 2.26. The van der Waals surface area contributed by atoms with Gasteiger partial charge in [-0.15, -0.1) is 34.0 Å². The van der Waals surface area contributed by atoms with Gasteiger partial charge in [0.25, 0.3) is 0 Å². The Hall–Kier alpha value is -1.68. The molecule has 0 aliphatic rings. The molecule has 4 rings (SSSR count). The van der Waals surface area contributed by atoms with E-state index in [4.69, 9.17) is 0 Å². The largest absolute Gasteiger partial charge is 0.143 e. The van der Waals surface area contributed by atoms with Crippen LogP contribution in [0.5, 0.6) is 0 Å². The highest BCUT2D eigenvalue weighted by molar-refractivity contribution is 7.26. The van der Waals surface area contributed by atoms with Gasteiger partial charge in [-0.25, -0.2) is 0 Å². The van der Waals surface area contributed by atoms with Crippen LogP contribution in [0.15, 0.2) is 72.1 Å². The SMILES string of the molecule is c1ccc(Cc2ccc(-c3ccc(-c4cccs4)s3)s2)cc1. The lowest BCUT2D eigenvalue weighted by Crippen LogP contribution is -1.81. The van der Waals surface area contributed by atoms with Crippen molar-refractivity contribution in [3.8, 4) is 19.5 Å². The zero-order valence-corrected chi connectivity index (χ0v) is 14.3. The monoisotopic (exact) mass is 338 g/mol. The minimum absolute atomic E-state index is 1.02. The number of benzene rings is 1. The third-order valence-electron chi connectivity index (χ3n) is 3.50. The second-order valence-electron chi connectivity index (χ2n) is 5.07. The van der Waals surface area contributed by atoms with Crippen LogP contribution in [0.2, 0.25) is 0 Å².